The number of pyridine rings is 1. The van der Waals surface area contributed by atoms with Crippen molar-refractivity contribution in [2.24, 2.45) is 5.92 Å². The van der Waals surface area contributed by atoms with E-state index in [4.69, 9.17) is 19.4 Å². The van der Waals surface area contributed by atoms with Gasteiger partial charge in [0.15, 0.2) is 0 Å². The molecular weight excluding hydrogens is 508 g/mol. The number of carbonyl (C=O) groups is 2. The minimum atomic E-state index is -0.500. The number of carbonyl (C=O) groups excluding carboxylic acids is 2. The summed E-state index contributed by atoms with van der Waals surface area (Å²) in [7, 11) is 0. The zero-order chi connectivity index (χ0) is 28.0. The summed E-state index contributed by atoms with van der Waals surface area (Å²) in [6.45, 7) is 10.9. The van der Waals surface area contributed by atoms with Crippen LogP contribution in [0.25, 0.3) is 22.2 Å². The van der Waals surface area contributed by atoms with Gasteiger partial charge in [-0.1, -0.05) is 0 Å². The smallest absolute Gasteiger partial charge is 0.410 e. The van der Waals surface area contributed by atoms with Crippen molar-refractivity contribution in [1.29, 1.82) is 0 Å². The van der Waals surface area contributed by atoms with Crippen LogP contribution in [0.1, 0.15) is 53.0 Å². The average molecular weight is 547 g/mol. The van der Waals surface area contributed by atoms with E-state index in [2.05, 4.69) is 33.0 Å². The van der Waals surface area contributed by atoms with E-state index in [1.54, 1.807) is 4.90 Å². The molecule has 40 heavy (non-hydrogen) atoms. The highest BCUT2D eigenvalue weighted by Gasteiger charge is 2.31. The second-order valence-corrected chi connectivity index (χ2v) is 12.2. The summed E-state index contributed by atoms with van der Waals surface area (Å²) < 4.78 is 14.3. The lowest BCUT2D eigenvalue weighted by Crippen LogP contribution is -2.50. The summed E-state index contributed by atoms with van der Waals surface area (Å²) in [5, 5.41) is 2.92. The van der Waals surface area contributed by atoms with Gasteiger partial charge in [-0.05, 0) is 70.4 Å². The first-order chi connectivity index (χ1) is 19.1. The Bertz CT molecular complexity index is 1400. The number of anilines is 1. The van der Waals surface area contributed by atoms with Crippen molar-refractivity contribution in [3.05, 3.63) is 36.8 Å². The molecule has 10 heteroatoms. The highest BCUT2D eigenvalue weighted by molar-refractivity contribution is 5.88. The fraction of sp³-hybridized carbons (Fsp3) is 0.533. The molecule has 2 atom stereocenters. The van der Waals surface area contributed by atoms with Crippen molar-refractivity contribution in [1.82, 2.24) is 24.8 Å². The van der Waals surface area contributed by atoms with Gasteiger partial charge in [-0.15, -0.1) is 0 Å². The molecule has 1 aliphatic carbocycles. The molecule has 2 aliphatic heterocycles. The normalized spacial score (nSPS) is 20.5. The maximum Gasteiger partial charge on any atom is 0.410 e. The Labute approximate surface area is 234 Å². The Hall–Kier alpha value is -3.82. The maximum atomic E-state index is 12.4. The third kappa shape index (κ3) is 5.57. The van der Waals surface area contributed by atoms with Crippen LogP contribution in [-0.2, 0) is 9.53 Å². The molecule has 0 bridgehead atoms. The van der Waals surface area contributed by atoms with Crippen LogP contribution >= 0.6 is 0 Å². The monoisotopic (exact) mass is 546 g/mol. The fourth-order valence-electron chi connectivity index (χ4n) is 5.46. The second kappa shape index (κ2) is 10.3. The van der Waals surface area contributed by atoms with E-state index in [0.717, 1.165) is 46.6 Å². The first kappa shape index (κ1) is 26.4. The number of benzene rings is 1. The number of hydrogen-bond donors (Lipinski definition) is 1. The highest BCUT2D eigenvalue weighted by atomic mass is 16.6. The molecule has 3 fully saturated rings. The van der Waals surface area contributed by atoms with Crippen LogP contribution < -0.4 is 15.0 Å². The number of ether oxygens (including phenoxy) is 2. The molecule has 4 heterocycles. The number of imidazole rings is 1. The number of piperazine rings is 1. The molecule has 1 aromatic carbocycles. The highest BCUT2D eigenvalue weighted by Crippen LogP contribution is 2.41. The van der Waals surface area contributed by atoms with Gasteiger partial charge in [-0.2, -0.15) is 0 Å². The van der Waals surface area contributed by atoms with Crippen LogP contribution in [0.4, 0.5) is 10.6 Å². The van der Waals surface area contributed by atoms with E-state index in [1.807, 2.05) is 46.3 Å². The van der Waals surface area contributed by atoms with Crippen molar-refractivity contribution in [3.63, 3.8) is 0 Å². The molecule has 2 aromatic heterocycles. The average Bonchev–Trinajstić information content (AvgIpc) is 3.52. The van der Waals surface area contributed by atoms with Crippen molar-refractivity contribution in [2.75, 3.05) is 37.6 Å². The third-order valence-electron chi connectivity index (χ3n) is 7.90. The van der Waals surface area contributed by atoms with E-state index in [1.165, 1.54) is 0 Å². The predicted octanol–water partition coefficient (Wildman–Crippen LogP) is 4.39. The van der Waals surface area contributed by atoms with Crippen molar-refractivity contribution < 1.29 is 19.1 Å². The number of amides is 2. The number of rotatable bonds is 6. The molecule has 0 radical (unpaired) electrons. The van der Waals surface area contributed by atoms with Gasteiger partial charge >= 0.3 is 6.09 Å². The van der Waals surface area contributed by atoms with Gasteiger partial charge in [-0.3, -0.25) is 4.79 Å². The summed E-state index contributed by atoms with van der Waals surface area (Å²) in [6, 6.07) is 8.77. The molecule has 2 unspecified atom stereocenters. The summed E-state index contributed by atoms with van der Waals surface area (Å²) in [4.78, 5) is 37.7. The summed E-state index contributed by atoms with van der Waals surface area (Å²) in [6.07, 6.45) is 6.23. The second-order valence-electron chi connectivity index (χ2n) is 12.2. The van der Waals surface area contributed by atoms with E-state index in [9.17, 15) is 9.59 Å². The van der Waals surface area contributed by atoms with Gasteiger partial charge < -0.3 is 29.2 Å². The molecule has 1 saturated carbocycles. The lowest BCUT2D eigenvalue weighted by atomic mass is 10.0. The molecule has 6 rings (SSSR count). The van der Waals surface area contributed by atoms with E-state index in [0.29, 0.717) is 45.2 Å². The van der Waals surface area contributed by atoms with Crippen LogP contribution in [0.2, 0.25) is 0 Å². The Balaban J connectivity index is 1.20. The van der Waals surface area contributed by atoms with E-state index < -0.39 is 5.60 Å². The quantitative estimate of drug-likeness (QED) is 0.489. The van der Waals surface area contributed by atoms with Crippen LogP contribution in [0, 0.1) is 5.92 Å². The van der Waals surface area contributed by atoms with Crippen LogP contribution in [0.15, 0.2) is 36.8 Å². The number of nitrogens with one attached hydrogen (secondary N) is 1. The number of aromatic nitrogens is 3. The Morgan fingerprint density at radius 3 is 2.48 bits per heavy atom. The summed E-state index contributed by atoms with van der Waals surface area (Å²) in [5.41, 5.74) is 3.39. The minimum absolute atomic E-state index is 0.0831. The van der Waals surface area contributed by atoms with Crippen molar-refractivity contribution in [2.45, 2.75) is 64.7 Å². The first-order valence-electron chi connectivity index (χ1n) is 14.3. The number of fused-ring (bicyclic) bond motifs is 1. The number of nitrogens with zero attached hydrogens (tertiary/aromatic N) is 5. The van der Waals surface area contributed by atoms with Gasteiger partial charge in [0, 0.05) is 62.9 Å². The van der Waals surface area contributed by atoms with Gasteiger partial charge in [0.1, 0.15) is 28.8 Å². The van der Waals surface area contributed by atoms with Crippen molar-refractivity contribution in [3.8, 4) is 16.9 Å². The van der Waals surface area contributed by atoms with E-state index >= 15 is 0 Å². The lowest BCUT2D eigenvalue weighted by molar-refractivity contribution is -0.119. The van der Waals surface area contributed by atoms with Gasteiger partial charge in [-0.25, -0.2) is 14.8 Å². The van der Waals surface area contributed by atoms with Crippen molar-refractivity contribution >= 4 is 28.9 Å². The molecule has 1 N–H and O–H groups in total. The Kier molecular flexibility index (Phi) is 6.80. The zero-order valence-corrected chi connectivity index (χ0v) is 23.7. The van der Waals surface area contributed by atoms with Gasteiger partial charge in [0.05, 0.1) is 11.8 Å². The SMILES string of the molecule is CC(Oc1cc(-c2ccc(N3CCN(C(=O)OC(C)(C)C)CC3)nc2)cc2ncn(C3CC3)c12)C1CNC(=O)C1. The largest absolute Gasteiger partial charge is 0.488 e. The molecule has 2 amide bonds. The fourth-order valence-corrected chi connectivity index (χ4v) is 5.46. The lowest BCUT2D eigenvalue weighted by Gasteiger charge is -2.36. The molecule has 212 valence electrons. The van der Waals surface area contributed by atoms with Gasteiger partial charge in [0.2, 0.25) is 5.91 Å². The molecule has 3 aromatic rings. The number of hydrogen-bond acceptors (Lipinski definition) is 7. The molecule has 10 nitrogen and oxygen atoms in total. The topological polar surface area (TPSA) is 102 Å². The summed E-state index contributed by atoms with van der Waals surface area (Å²) >= 11 is 0. The van der Waals surface area contributed by atoms with Crippen LogP contribution in [0.5, 0.6) is 5.75 Å². The summed E-state index contributed by atoms with van der Waals surface area (Å²) in [5.74, 6) is 1.90. The van der Waals surface area contributed by atoms with E-state index in [-0.39, 0.29) is 24.0 Å². The molecule has 3 aliphatic rings. The van der Waals surface area contributed by atoms with Crippen LogP contribution in [0.3, 0.4) is 0 Å². The zero-order valence-electron chi connectivity index (χ0n) is 23.7. The molecule has 2 saturated heterocycles. The molecular formula is C30H38N6O4. The maximum absolute atomic E-state index is 12.4. The minimum Gasteiger partial charge on any atom is -0.488 e. The van der Waals surface area contributed by atoms with Gasteiger partial charge in [0.25, 0.3) is 0 Å². The first-order valence-corrected chi connectivity index (χ1v) is 14.3. The Morgan fingerprint density at radius 1 is 1.07 bits per heavy atom. The predicted molar refractivity (Wildman–Crippen MR) is 152 cm³/mol. The molecule has 0 spiro atoms. The Morgan fingerprint density at radius 2 is 1.85 bits per heavy atom. The standard InChI is InChI=1S/C30H38N6O4/c1-19(22-15-27(37)32-17-22)39-25-14-21(13-24-28(25)36(18-33-24)23-6-7-23)20-5-8-26(31-16-20)34-9-11-35(12-10-34)29(38)40-30(2,3)4/h5,8,13-14,16,18-19,22-23H,6-7,9-12,15,17H2,1-4H3,(H,32,37). The van der Waals surface area contributed by atoms with Crippen LogP contribution in [-0.4, -0.2) is 75.9 Å². The third-order valence-corrected chi connectivity index (χ3v) is 7.90.